The summed E-state index contributed by atoms with van der Waals surface area (Å²) in [7, 11) is -3.77. The predicted octanol–water partition coefficient (Wildman–Crippen LogP) is 2.32. The Balaban J connectivity index is 3.03. The first kappa shape index (κ1) is 13.0. The highest BCUT2D eigenvalue weighted by atomic mass is 35.5. The Morgan fingerprint density at radius 3 is 2.44 bits per heavy atom. The van der Waals surface area contributed by atoms with E-state index in [4.69, 9.17) is 16.3 Å². The molecule has 0 radical (unpaired) electrons. The van der Waals surface area contributed by atoms with Crippen LogP contribution >= 0.6 is 11.6 Å². The van der Waals surface area contributed by atoms with Gasteiger partial charge in [0.1, 0.15) is 0 Å². The number of nitrogens with zero attached hydrogens (tertiary/aromatic N) is 1. The van der Waals surface area contributed by atoms with Gasteiger partial charge in [-0.25, -0.2) is 0 Å². The van der Waals surface area contributed by atoms with Crippen molar-refractivity contribution in [3.8, 4) is 0 Å². The van der Waals surface area contributed by atoms with Crippen LogP contribution in [0.15, 0.2) is 33.6 Å². The summed E-state index contributed by atoms with van der Waals surface area (Å²) < 4.78 is 31.4. The van der Waals surface area contributed by atoms with E-state index in [0.717, 1.165) is 5.56 Å². The number of sulfonamides is 1. The molecule has 1 aromatic rings. The second-order valence-electron chi connectivity index (χ2n) is 3.07. The lowest BCUT2D eigenvalue weighted by Crippen LogP contribution is -2.03. The molecule has 0 bridgehead atoms. The first-order chi connectivity index (χ1) is 7.45. The van der Waals surface area contributed by atoms with Gasteiger partial charge in [-0.1, -0.05) is 17.7 Å². The van der Waals surface area contributed by atoms with Crippen molar-refractivity contribution in [1.82, 2.24) is 0 Å². The van der Waals surface area contributed by atoms with Crippen molar-refractivity contribution in [3.05, 3.63) is 29.8 Å². The summed E-state index contributed by atoms with van der Waals surface area (Å²) in [5.74, 6) is 0. The molecule has 0 aliphatic rings. The molecule has 0 aliphatic heterocycles. The maximum absolute atomic E-state index is 11.7. The molecule has 0 unspecified atom stereocenters. The Labute approximate surface area is 100.0 Å². The summed E-state index contributed by atoms with van der Waals surface area (Å²) in [6.07, 6.45) is 0. The lowest BCUT2D eigenvalue weighted by Gasteiger charge is -2.01. The normalized spacial score (nSPS) is 12.6. The second kappa shape index (κ2) is 5.32. The van der Waals surface area contributed by atoms with Gasteiger partial charge in [-0.05, 0) is 37.6 Å². The Morgan fingerprint density at radius 2 is 1.94 bits per heavy atom. The van der Waals surface area contributed by atoms with Crippen LogP contribution < -0.4 is 0 Å². The van der Waals surface area contributed by atoms with Crippen LogP contribution in [-0.2, 0) is 14.8 Å². The molecule has 0 fully saturated rings. The monoisotopic (exact) mass is 261 g/mol. The number of aryl methyl sites for hydroxylation is 1. The van der Waals surface area contributed by atoms with Gasteiger partial charge in [-0.3, -0.25) is 0 Å². The molecule has 16 heavy (non-hydrogen) atoms. The SMILES string of the molecule is CCO/C(Cl)=N\S(=O)(=O)c1ccc(C)cc1. The van der Waals surface area contributed by atoms with Gasteiger partial charge >= 0.3 is 0 Å². The van der Waals surface area contributed by atoms with Gasteiger partial charge in [0.25, 0.3) is 15.4 Å². The highest BCUT2D eigenvalue weighted by molar-refractivity contribution is 7.90. The van der Waals surface area contributed by atoms with Gasteiger partial charge in [0.15, 0.2) is 0 Å². The molecule has 88 valence electrons. The van der Waals surface area contributed by atoms with Crippen LogP contribution in [0.25, 0.3) is 0 Å². The van der Waals surface area contributed by atoms with Crippen molar-refractivity contribution in [2.24, 2.45) is 4.40 Å². The third-order valence-corrected chi connectivity index (χ3v) is 3.34. The first-order valence-corrected chi connectivity index (χ1v) is 6.47. The maximum atomic E-state index is 11.7. The van der Waals surface area contributed by atoms with Crippen LogP contribution in [-0.4, -0.2) is 20.4 Å². The van der Waals surface area contributed by atoms with Gasteiger partial charge < -0.3 is 4.74 Å². The third kappa shape index (κ3) is 3.50. The average molecular weight is 262 g/mol. The van der Waals surface area contributed by atoms with Crippen molar-refractivity contribution in [1.29, 1.82) is 0 Å². The van der Waals surface area contributed by atoms with Crippen molar-refractivity contribution in [3.63, 3.8) is 0 Å². The summed E-state index contributed by atoms with van der Waals surface area (Å²) in [6, 6.07) is 6.34. The molecule has 0 aromatic heterocycles. The quantitative estimate of drug-likeness (QED) is 0.620. The summed E-state index contributed by atoms with van der Waals surface area (Å²) in [5.41, 5.74) is 0.971. The zero-order valence-corrected chi connectivity index (χ0v) is 10.5. The van der Waals surface area contributed by atoms with Crippen LogP contribution in [0.4, 0.5) is 0 Å². The highest BCUT2D eigenvalue weighted by Crippen LogP contribution is 2.14. The molecule has 0 atom stereocenters. The van der Waals surface area contributed by atoms with E-state index in [9.17, 15) is 8.42 Å². The number of ether oxygens (including phenoxy) is 1. The van der Waals surface area contributed by atoms with Gasteiger partial charge in [0.05, 0.1) is 11.5 Å². The highest BCUT2D eigenvalue weighted by Gasteiger charge is 2.13. The number of hydrogen-bond acceptors (Lipinski definition) is 3. The fourth-order valence-electron chi connectivity index (χ4n) is 1.00. The van der Waals surface area contributed by atoms with Crippen LogP contribution in [0.2, 0.25) is 0 Å². The van der Waals surface area contributed by atoms with Gasteiger partial charge in [0, 0.05) is 0 Å². The molecule has 0 spiro atoms. The Morgan fingerprint density at radius 1 is 1.38 bits per heavy atom. The van der Waals surface area contributed by atoms with Crippen LogP contribution in [0.1, 0.15) is 12.5 Å². The third-order valence-electron chi connectivity index (χ3n) is 1.77. The minimum Gasteiger partial charge on any atom is -0.469 e. The van der Waals surface area contributed by atoms with Crippen molar-refractivity contribution >= 4 is 27.0 Å². The molecule has 0 saturated heterocycles. The predicted molar refractivity (Wildman–Crippen MR) is 63.3 cm³/mol. The number of rotatable bonds is 3. The van der Waals surface area contributed by atoms with E-state index in [0.29, 0.717) is 0 Å². The molecular weight excluding hydrogens is 250 g/mol. The zero-order chi connectivity index (χ0) is 12.2. The second-order valence-corrected chi connectivity index (χ2v) is 4.99. The van der Waals surface area contributed by atoms with Crippen LogP contribution in [0, 0.1) is 6.92 Å². The Bertz CT molecular complexity index is 479. The average Bonchev–Trinajstić information content (AvgIpc) is 2.17. The summed E-state index contributed by atoms with van der Waals surface area (Å²) >= 11 is 5.50. The first-order valence-electron chi connectivity index (χ1n) is 4.65. The van der Waals surface area contributed by atoms with E-state index in [1.807, 2.05) is 6.92 Å². The van der Waals surface area contributed by atoms with E-state index in [-0.39, 0.29) is 16.9 Å². The van der Waals surface area contributed by atoms with E-state index in [1.54, 1.807) is 19.1 Å². The zero-order valence-electron chi connectivity index (χ0n) is 8.97. The Kier molecular flexibility index (Phi) is 4.32. The molecule has 4 nitrogen and oxygen atoms in total. The standard InChI is InChI=1S/C10H12ClNO3S/c1-3-15-10(11)12-16(13,14)9-6-4-8(2)5-7-9/h4-7H,3H2,1-2H3/b12-10-. The van der Waals surface area contributed by atoms with Gasteiger partial charge in [-0.2, -0.15) is 8.42 Å². The number of halogens is 1. The van der Waals surface area contributed by atoms with Gasteiger partial charge in [0.2, 0.25) is 0 Å². The largest absolute Gasteiger partial charge is 0.469 e. The molecule has 0 saturated carbocycles. The van der Waals surface area contributed by atoms with E-state index >= 15 is 0 Å². The minimum absolute atomic E-state index is 0.0935. The topological polar surface area (TPSA) is 55.7 Å². The van der Waals surface area contributed by atoms with E-state index < -0.39 is 10.0 Å². The summed E-state index contributed by atoms with van der Waals surface area (Å²) in [4.78, 5) is 0.0935. The van der Waals surface area contributed by atoms with Crippen LogP contribution in [0.3, 0.4) is 0 Å². The smallest absolute Gasteiger partial charge is 0.298 e. The van der Waals surface area contributed by atoms with Crippen LogP contribution in [0.5, 0.6) is 0 Å². The molecular formula is C10H12ClNO3S. The minimum atomic E-state index is -3.77. The number of hydrogen-bond donors (Lipinski definition) is 0. The molecule has 0 aliphatic carbocycles. The number of benzene rings is 1. The molecule has 1 rings (SSSR count). The summed E-state index contributed by atoms with van der Waals surface area (Å²) in [5, 5.41) is -0.372. The van der Waals surface area contributed by atoms with Crippen molar-refractivity contribution in [2.45, 2.75) is 18.7 Å². The van der Waals surface area contributed by atoms with Crippen molar-refractivity contribution in [2.75, 3.05) is 6.61 Å². The fourth-order valence-corrected chi connectivity index (χ4v) is 2.21. The van der Waals surface area contributed by atoms with Gasteiger partial charge in [-0.15, -0.1) is 4.40 Å². The molecule has 0 heterocycles. The van der Waals surface area contributed by atoms with E-state index in [1.165, 1.54) is 12.1 Å². The fraction of sp³-hybridized carbons (Fsp3) is 0.300. The molecule has 6 heteroatoms. The molecule has 1 aromatic carbocycles. The Hall–Kier alpha value is -1.07. The molecule has 0 amide bonds. The summed E-state index contributed by atoms with van der Waals surface area (Å²) in [6.45, 7) is 3.83. The maximum Gasteiger partial charge on any atom is 0.298 e. The lowest BCUT2D eigenvalue weighted by atomic mass is 10.2. The van der Waals surface area contributed by atoms with Crippen molar-refractivity contribution < 1.29 is 13.2 Å². The lowest BCUT2D eigenvalue weighted by molar-refractivity contribution is 0.337. The van der Waals surface area contributed by atoms with E-state index in [2.05, 4.69) is 4.40 Å². The molecule has 0 N–H and O–H groups in total.